The van der Waals surface area contributed by atoms with Gasteiger partial charge in [-0.15, -0.1) is 0 Å². The molecule has 1 aliphatic rings. The molecule has 2 atom stereocenters. The number of rotatable bonds is 7. The van der Waals surface area contributed by atoms with Crippen LogP contribution in [0.25, 0.3) is 0 Å². The van der Waals surface area contributed by atoms with Crippen molar-refractivity contribution in [3.63, 3.8) is 0 Å². The third kappa shape index (κ3) is 4.21. The Morgan fingerprint density at radius 1 is 0.853 bits per heavy atom. The van der Waals surface area contributed by atoms with E-state index >= 15 is 0 Å². The van der Waals surface area contributed by atoms with E-state index in [9.17, 15) is 18.3 Å². The van der Waals surface area contributed by atoms with Crippen molar-refractivity contribution < 1.29 is 23.0 Å². The number of benzene rings is 3. The van der Waals surface area contributed by atoms with Crippen LogP contribution in [0.1, 0.15) is 29.5 Å². The molecule has 178 valence electrons. The van der Waals surface area contributed by atoms with Gasteiger partial charge in [0.15, 0.2) is 0 Å². The van der Waals surface area contributed by atoms with Crippen LogP contribution < -0.4 is 0 Å². The summed E-state index contributed by atoms with van der Waals surface area (Å²) in [7, 11) is 1.61. The van der Waals surface area contributed by atoms with E-state index in [1.165, 1.54) is 24.3 Å². The van der Waals surface area contributed by atoms with Crippen molar-refractivity contribution in [1.29, 1.82) is 0 Å². The number of halogens is 3. The summed E-state index contributed by atoms with van der Waals surface area (Å²) in [5.41, 5.74) is -2.70. The van der Waals surface area contributed by atoms with Crippen molar-refractivity contribution in [3.05, 3.63) is 108 Å². The Bertz CT molecular complexity index is 1050. The molecule has 4 nitrogen and oxygen atoms in total. The van der Waals surface area contributed by atoms with Crippen LogP contribution in [0.4, 0.5) is 13.2 Å². The highest BCUT2D eigenvalue weighted by Gasteiger charge is 2.55. The smallest absolute Gasteiger partial charge is 0.371 e. The van der Waals surface area contributed by atoms with E-state index in [1.54, 1.807) is 18.2 Å². The molecule has 4 rings (SSSR count). The first-order chi connectivity index (χ1) is 16.3. The zero-order chi connectivity index (χ0) is 24.2. The Kier molecular flexibility index (Phi) is 6.77. The van der Waals surface area contributed by atoms with Gasteiger partial charge in [-0.2, -0.15) is 18.3 Å². The van der Waals surface area contributed by atoms with E-state index in [1.807, 2.05) is 60.7 Å². The first-order valence-electron chi connectivity index (χ1n) is 11.2. The monoisotopic (exact) mass is 468 g/mol. The minimum Gasteiger partial charge on any atom is -0.371 e. The van der Waals surface area contributed by atoms with Crippen molar-refractivity contribution >= 4 is 6.21 Å². The van der Waals surface area contributed by atoms with E-state index in [4.69, 9.17) is 4.74 Å². The van der Waals surface area contributed by atoms with Crippen LogP contribution in [-0.2, 0) is 15.9 Å². The van der Waals surface area contributed by atoms with Gasteiger partial charge in [0, 0.05) is 13.7 Å². The van der Waals surface area contributed by atoms with Crippen LogP contribution in [0.5, 0.6) is 0 Å². The van der Waals surface area contributed by atoms with Crippen molar-refractivity contribution in [2.75, 3.05) is 13.7 Å². The van der Waals surface area contributed by atoms with Gasteiger partial charge in [-0.3, -0.25) is 5.01 Å². The molecular weight excluding hydrogens is 441 g/mol. The Balaban J connectivity index is 1.78. The summed E-state index contributed by atoms with van der Waals surface area (Å²) < 4.78 is 48.2. The molecule has 34 heavy (non-hydrogen) atoms. The summed E-state index contributed by atoms with van der Waals surface area (Å²) in [6.07, 6.45) is -2.95. The number of aliphatic hydroxyl groups is 1. The molecule has 3 aromatic carbocycles. The number of hydrogen-bond acceptors (Lipinski definition) is 4. The first-order valence-corrected chi connectivity index (χ1v) is 11.2. The van der Waals surface area contributed by atoms with Crippen molar-refractivity contribution in [2.45, 2.75) is 36.3 Å². The molecule has 0 aromatic heterocycles. The minimum atomic E-state index is -4.94. The molecule has 1 unspecified atom stereocenters. The van der Waals surface area contributed by atoms with Gasteiger partial charge in [0.05, 0.1) is 12.3 Å². The van der Waals surface area contributed by atoms with Crippen LogP contribution in [-0.4, -0.2) is 42.2 Å². The van der Waals surface area contributed by atoms with Gasteiger partial charge in [0.1, 0.15) is 5.60 Å². The van der Waals surface area contributed by atoms with Crippen molar-refractivity contribution in [2.24, 2.45) is 5.10 Å². The summed E-state index contributed by atoms with van der Waals surface area (Å²) in [4.78, 5) is 0. The van der Waals surface area contributed by atoms with E-state index in [0.717, 1.165) is 17.5 Å². The average Bonchev–Trinajstić information content (AvgIpc) is 3.34. The lowest BCUT2D eigenvalue weighted by atomic mass is 9.79. The predicted octanol–water partition coefficient (Wildman–Crippen LogP) is 5.48. The van der Waals surface area contributed by atoms with E-state index in [-0.39, 0.29) is 11.6 Å². The van der Waals surface area contributed by atoms with Gasteiger partial charge in [-0.1, -0.05) is 91.0 Å². The maximum Gasteiger partial charge on any atom is 0.426 e. The Morgan fingerprint density at radius 3 is 1.76 bits per heavy atom. The largest absolute Gasteiger partial charge is 0.426 e. The molecule has 0 amide bonds. The molecule has 1 aliphatic heterocycles. The first kappa shape index (κ1) is 24.0. The van der Waals surface area contributed by atoms with Gasteiger partial charge in [-0.05, 0) is 29.5 Å². The third-order valence-electron chi connectivity index (χ3n) is 6.46. The predicted molar refractivity (Wildman–Crippen MR) is 125 cm³/mol. The minimum absolute atomic E-state index is 0.286. The van der Waals surface area contributed by atoms with E-state index in [2.05, 4.69) is 5.10 Å². The lowest BCUT2D eigenvalue weighted by Gasteiger charge is -2.42. The van der Waals surface area contributed by atoms with Crippen LogP contribution in [0.2, 0.25) is 0 Å². The SMILES string of the molecule is COC(c1ccccc1)(c1ccccc1)[C@@H]1CCCN1/N=C/C(O)(c1ccccc1)C(F)(F)F. The molecule has 1 saturated heterocycles. The highest BCUT2D eigenvalue weighted by atomic mass is 19.4. The van der Waals surface area contributed by atoms with Gasteiger partial charge >= 0.3 is 6.18 Å². The lowest BCUT2D eigenvalue weighted by molar-refractivity contribution is -0.234. The fourth-order valence-corrected chi connectivity index (χ4v) is 4.76. The molecule has 0 radical (unpaired) electrons. The molecule has 0 spiro atoms. The second kappa shape index (κ2) is 9.60. The molecule has 7 heteroatoms. The Hall–Kier alpha value is -3.16. The summed E-state index contributed by atoms with van der Waals surface area (Å²) in [6, 6.07) is 25.9. The zero-order valence-corrected chi connectivity index (χ0v) is 18.8. The van der Waals surface area contributed by atoms with Crippen molar-refractivity contribution in [3.8, 4) is 0 Å². The topological polar surface area (TPSA) is 45.1 Å². The summed E-state index contributed by atoms with van der Waals surface area (Å²) >= 11 is 0. The molecule has 3 aromatic rings. The fraction of sp³-hybridized carbons (Fsp3) is 0.296. The fourth-order valence-electron chi connectivity index (χ4n) is 4.76. The number of alkyl halides is 3. The summed E-state index contributed by atoms with van der Waals surface area (Å²) in [5, 5.41) is 16.6. The van der Waals surface area contributed by atoms with Crippen LogP contribution >= 0.6 is 0 Å². The van der Waals surface area contributed by atoms with Gasteiger partial charge < -0.3 is 9.84 Å². The van der Waals surface area contributed by atoms with Crippen LogP contribution in [0, 0.1) is 0 Å². The molecule has 0 bridgehead atoms. The summed E-state index contributed by atoms with van der Waals surface area (Å²) in [6.45, 7) is 0.439. The Morgan fingerprint density at radius 2 is 1.32 bits per heavy atom. The third-order valence-corrected chi connectivity index (χ3v) is 6.46. The van der Waals surface area contributed by atoms with Gasteiger partial charge in [0.25, 0.3) is 0 Å². The number of methoxy groups -OCH3 is 1. The van der Waals surface area contributed by atoms with Crippen molar-refractivity contribution in [1.82, 2.24) is 5.01 Å². The highest BCUT2D eigenvalue weighted by molar-refractivity contribution is 5.72. The number of hydrogen-bond donors (Lipinski definition) is 1. The standard InChI is InChI=1S/C27H27F3N2O2/c1-34-26(22-14-7-3-8-15-22,23-16-9-4-10-17-23)24-18-11-19-32(24)31-20-25(33,27(28,29)30)21-12-5-2-6-13-21/h2-10,12-17,20,24,33H,11,18-19H2,1H3/b31-20+/t24-,25?/m0/s1. The van der Waals surface area contributed by atoms with E-state index in [0.29, 0.717) is 19.2 Å². The molecule has 1 fully saturated rings. The maximum atomic E-state index is 14.0. The molecule has 1 heterocycles. The number of nitrogens with zero attached hydrogens (tertiary/aromatic N) is 2. The molecule has 0 saturated carbocycles. The van der Waals surface area contributed by atoms with Gasteiger partial charge in [0.2, 0.25) is 5.60 Å². The summed E-state index contributed by atoms with van der Waals surface area (Å²) in [5.74, 6) is 0. The van der Waals surface area contributed by atoms with Crippen LogP contribution in [0.15, 0.2) is 96.1 Å². The number of ether oxygens (including phenoxy) is 1. The molecule has 1 N–H and O–H groups in total. The normalized spacial score (nSPS) is 18.9. The maximum absolute atomic E-state index is 14.0. The second-order valence-corrected chi connectivity index (χ2v) is 8.37. The number of hydrazone groups is 1. The average molecular weight is 469 g/mol. The Labute approximate surface area is 197 Å². The molecular formula is C27H27F3N2O2. The quantitative estimate of drug-likeness (QED) is 0.468. The molecule has 0 aliphatic carbocycles. The highest BCUT2D eigenvalue weighted by Crippen LogP contribution is 2.44. The lowest BCUT2D eigenvalue weighted by Crippen LogP contribution is -2.49. The second-order valence-electron chi connectivity index (χ2n) is 8.37. The zero-order valence-electron chi connectivity index (χ0n) is 18.8. The van der Waals surface area contributed by atoms with Gasteiger partial charge in [-0.25, -0.2) is 0 Å². The van der Waals surface area contributed by atoms with Crippen LogP contribution in [0.3, 0.4) is 0 Å². The van der Waals surface area contributed by atoms with E-state index < -0.39 is 17.4 Å².